The van der Waals surface area contributed by atoms with Gasteiger partial charge in [0.25, 0.3) is 15.9 Å². The Morgan fingerprint density at radius 3 is 2.40 bits per heavy atom. The molecular weight excluding hydrogens is 466 g/mol. The summed E-state index contributed by atoms with van der Waals surface area (Å²) in [6, 6.07) is 18.7. The molecule has 0 aliphatic heterocycles. The first kappa shape index (κ1) is 24.0. The fraction of sp³-hybridized carbons (Fsp3) is 0.154. The zero-order valence-corrected chi connectivity index (χ0v) is 20.6. The number of methoxy groups -OCH3 is 1. The Labute approximate surface area is 203 Å². The Morgan fingerprint density at radius 2 is 1.69 bits per heavy atom. The molecule has 0 saturated carbocycles. The zero-order chi connectivity index (χ0) is 25.2. The number of carbonyl (C=O) groups excluding carboxylic acids is 1. The van der Waals surface area contributed by atoms with Crippen LogP contribution in [0.15, 0.2) is 81.1 Å². The van der Waals surface area contributed by atoms with Crippen LogP contribution in [0.3, 0.4) is 0 Å². The summed E-state index contributed by atoms with van der Waals surface area (Å²) in [7, 11) is -2.51. The first-order valence-corrected chi connectivity index (χ1v) is 12.3. The van der Waals surface area contributed by atoms with Crippen molar-refractivity contribution >= 4 is 32.6 Å². The Kier molecular flexibility index (Phi) is 6.61. The van der Waals surface area contributed by atoms with E-state index in [2.05, 4.69) is 15.2 Å². The number of amides is 1. The van der Waals surface area contributed by atoms with E-state index in [1.54, 1.807) is 42.5 Å². The molecule has 2 N–H and O–H groups in total. The summed E-state index contributed by atoms with van der Waals surface area (Å²) in [6.07, 6.45) is 0. The van der Waals surface area contributed by atoms with E-state index < -0.39 is 15.9 Å². The number of hydrogen-bond donors (Lipinski definition) is 2. The topological polar surface area (TPSA) is 110 Å². The Balaban J connectivity index is 1.82. The molecule has 0 aliphatic rings. The van der Waals surface area contributed by atoms with Crippen molar-refractivity contribution in [3.8, 4) is 5.75 Å². The minimum atomic E-state index is -4.00. The fourth-order valence-electron chi connectivity index (χ4n) is 3.48. The van der Waals surface area contributed by atoms with E-state index in [9.17, 15) is 13.2 Å². The van der Waals surface area contributed by atoms with Gasteiger partial charge in [0.1, 0.15) is 5.56 Å². The van der Waals surface area contributed by atoms with Crippen molar-refractivity contribution in [2.24, 2.45) is 5.10 Å². The summed E-state index contributed by atoms with van der Waals surface area (Å²) in [5, 5.41) is 7.45. The summed E-state index contributed by atoms with van der Waals surface area (Å²) >= 11 is 0. The maximum absolute atomic E-state index is 13.3. The van der Waals surface area contributed by atoms with Crippen molar-refractivity contribution in [2.75, 3.05) is 12.4 Å². The molecule has 9 heteroatoms. The lowest BCUT2D eigenvalue weighted by molar-refractivity contribution is 0.102. The zero-order valence-electron chi connectivity index (χ0n) is 19.7. The number of fused-ring (bicyclic) bond motifs is 1. The van der Waals surface area contributed by atoms with Gasteiger partial charge in [-0.3, -0.25) is 4.79 Å². The monoisotopic (exact) mass is 491 g/mol. The van der Waals surface area contributed by atoms with E-state index >= 15 is 0 Å². The summed E-state index contributed by atoms with van der Waals surface area (Å²) in [5.41, 5.74) is 3.66. The molecule has 4 rings (SSSR count). The maximum atomic E-state index is 13.3. The van der Waals surface area contributed by atoms with Crippen molar-refractivity contribution in [1.29, 1.82) is 0 Å². The van der Waals surface area contributed by atoms with E-state index in [1.165, 1.54) is 19.2 Å². The molecule has 0 spiro atoms. The Hall–Kier alpha value is -4.11. The molecule has 0 radical (unpaired) electrons. The van der Waals surface area contributed by atoms with Gasteiger partial charge in [-0.2, -0.15) is 13.2 Å². The molecule has 4 aromatic rings. The highest BCUT2D eigenvalue weighted by Crippen LogP contribution is 2.25. The van der Waals surface area contributed by atoms with Crippen LogP contribution in [0.5, 0.6) is 5.75 Å². The van der Waals surface area contributed by atoms with Crippen LogP contribution in [0, 0.1) is 20.8 Å². The van der Waals surface area contributed by atoms with Gasteiger partial charge < -0.3 is 14.5 Å². The third-order valence-electron chi connectivity index (χ3n) is 5.65. The van der Waals surface area contributed by atoms with E-state index in [0.29, 0.717) is 22.4 Å². The van der Waals surface area contributed by atoms with Crippen molar-refractivity contribution in [3.05, 3.63) is 94.5 Å². The van der Waals surface area contributed by atoms with Crippen LogP contribution >= 0.6 is 0 Å². The minimum Gasteiger partial charge on any atom is -0.493 e. The van der Waals surface area contributed by atoms with Gasteiger partial charge in [-0.05, 0) is 62.2 Å². The predicted octanol–water partition coefficient (Wildman–Crippen LogP) is 4.41. The molecule has 1 heterocycles. The average molecular weight is 492 g/mol. The number of sulfonamides is 1. The van der Waals surface area contributed by atoms with Crippen molar-refractivity contribution in [1.82, 2.24) is 4.83 Å². The minimum absolute atomic E-state index is 0.0339. The summed E-state index contributed by atoms with van der Waals surface area (Å²) in [4.78, 5) is 15.5. The molecule has 8 nitrogen and oxygen atoms in total. The second-order valence-electron chi connectivity index (χ2n) is 8.07. The Morgan fingerprint density at radius 1 is 0.971 bits per heavy atom. The van der Waals surface area contributed by atoms with Crippen molar-refractivity contribution < 1.29 is 22.4 Å². The molecule has 1 amide bonds. The normalized spacial score (nSPS) is 11.9. The summed E-state index contributed by atoms with van der Waals surface area (Å²) in [5.74, 6) is -0.0812. The molecule has 35 heavy (non-hydrogen) atoms. The Bertz CT molecular complexity index is 1590. The summed E-state index contributed by atoms with van der Waals surface area (Å²) in [6.45, 7) is 5.71. The molecule has 0 saturated heterocycles. The average Bonchev–Trinajstić information content (AvgIpc) is 2.84. The number of para-hydroxylation sites is 1. The third-order valence-corrected chi connectivity index (χ3v) is 6.88. The summed E-state index contributed by atoms with van der Waals surface area (Å²) < 4.78 is 36.8. The lowest BCUT2D eigenvalue weighted by Crippen LogP contribution is -2.27. The first-order chi connectivity index (χ1) is 16.7. The van der Waals surface area contributed by atoms with Gasteiger partial charge in [-0.25, -0.2) is 0 Å². The second kappa shape index (κ2) is 9.63. The van der Waals surface area contributed by atoms with Crippen molar-refractivity contribution in [2.45, 2.75) is 25.7 Å². The van der Waals surface area contributed by atoms with Gasteiger partial charge in [-0.15, -0.1) is 5.10 Å². The van der Waals surface area contributed by atoms with Gasteiger partial charge >= 0.3 is 0 Å². The van der Waals surface area contributed by atoms with Gasteiger partial charge in [0.05, 0.1) is 12.0 Å². The molecule has 0 fully saturated rings. The number of hydrogen-bond acceptors (Lipinski definition) is 6. The van der Waals surface area contributed by atoms with Crippen LogP contribution in [-0.4, -0.2) is 21.4 Å². The number of aryl methyl sites for hydroxylation is 2. The highest BCUT2D eigenvalue weighted by molar-refractivity contribution is 7.89. The number of carbonyl (C=O) groups is 1. The van der Waals surface area contributed by atoms with Crippen LogP contribution in [0.1, 0.15) is 27.0 Å². The number of nitrogens with zero attached hydrogens (tertiary/aromatic N) is 1. The second-order valence-corrected chi connectivity index (χ2v) is 9.73. The largest absolute Gasteiger partial charge is 0.493 e. The molecule has 3 aromatic carbocycles. The maximum Gasteiger partial charge on any atom is 0.276 e. The lowest BCUT2D eigenvalue weighted by Gasteiger charge is -2.11. The van der Waals surface area contributed by atoms with Gasteiger partial charge in [0, 0.05) is 11.1 Å². The number of benzene rings is 3. The highest BCUT2D eigenvalue weighted by atomic mass is 32.2. The lowest BCUT2D eigenvalue weighted by atomic mass is 10.1. The highest BCUT2D eigenvalue weighted by Gasteiger charge is 2.18. The van der Waals surface area contributed by atoms with Crippen LogP contribution < -0.4 is 20.4 Å². The third kappa shape index (κ3) is 5.04. The van der Waals surface area contributed by atoms with Crippen molar-refractivity contribution in [3.63, 3.8) is 0 Å². The molecule has 0 bridgehead atoms. The van der Waals surface area contributed by atoms with E-state index in [-0.39, 0.29) is 16.0 Å². The molecule has 180 valence electrons. The quantitative estimate of drug-likeness (QED) is 0.388. The van der Waals surface area contributed by atoms with Crippen LogP contribution in [0.25, 0.3) is 11.0 Å². The molecule has 0 unspecified atom stereocenters. The standard InChI is InChI=1S/C26H25N3O5S/c1-16-11-13-20(14-12-16)35(31,32)29-28-26-21(15-19-8-6-10-23(33-4)24(19)34-26)25(30)27-22-9-5-7-17(2)18(22)3/h5-15,29H,1-4H3,(H,27,30)/b28-26+. The van der Waals surface area contributed by atoms with Crippen LogP contribution in [0.2, 0.25) is 0 Å². The van der Waals surface area contributed by atoms with E-state index in [0.717, 1.165) is 16.7 Å². The molecular formula is C26H25N3O5S. The number of nitrogens with one attached hydrogen (secondary N) is 2. The first-order valence-electron chi connectivity index (χ1n) is 10.8. The van der Waals surface area contributed by atoms with Gasteiger partial charge in [-0.1, -0.05) is 42.0 Å². The molecule has 0 aliphatic carbocycles. The fourth-order valence-corrected chi connectivity index (χ4v) is 4.28. The number of anilines is 1. The van der Waals surface area contributed by atoms with E-state index in [1.807, 2.05) is 32.9 Å². The van der Waals surface area contributed by atoms with Gasteiger partial charge in [0.2, 0.25) is 5.55 Å². The molecule has 0 atom stereocenters. The van der Waals surface area contributed by atoms with Crippen LogP contribution in [0.4, 0.5) is 5.69 Å². The smallest absolute Gasteiger partial charge is 0.276 e. The van der Waals surface area contributed by atoms with E-state index in [4.69, 9.17) is 9.15 Å². The SMILES string of the molecule is COc1cccc2cc(C(=O)Nc3cccc(C)c3C)/c(=N\NS(=O)(=O)c3ccc(C)cc3)oc12. The van der Waals surface area contributed by atoms with Crippen LogP contribution in [-0.2, 0) is 10.0 Å². The molecule has 1 aromatic heterocycles. The predicted molar refractivity (Wildman–Crippen MR) is 134 cm³/mol. The number of ether oxygens (including phenoxy) is 1. The van der Waals surface area contributed by atoms with Gasteiger partial charge in [0.15, 0.2) is 11.3 Å². The number of rotatable bonds is 6.